The van der Waals surface area contributed by atoms with Gasteiger partial charge in [-0.1, -0.05) is 0 Å². The fourth-order valence-electron chi connectivity index (χ4n) is 1.89. The summed E-state index contributed by atoms with van der Waals surface area (Å²) in [6, 6.07) is 4.41. The van der Waals surface area contributed by atoms with Gasteiger partial charge in [-0.2, -0.15) is 0 Å². The lowest BCUT2D eigenvalue weighted by Gasteiger charge is -2.17. The number of carbonyl (C=O) groups excluding carboxylic acids is 2. The van der Waals surface area contributed by atoms with E-state index in [0.29, 0.717) is 0 Å². The van der Waals surface area contributed by atoms with Crippen LogP contribution in [0.2, 0.25) is 0 Å². The zero-order valence-corrected chi connectivity index (χ0v) is 16.0. The van der Waals surface area contributed by atoms with Crippen LogP contribution in [0.4, 0.5) is 0 Å². The Labute approximate surface area is 168 Å². The summed E-state index contributed by atoms with van der Waals surface area (Å²) in [4.78, 5) is 52.0. The first-order valence-electron chi connectivity index (χ1n) is 8.03. The molecule has 0 aliphatic carbocycles. The molecule has 166 valence electrons. The first-order valence-corrected chi connectivity index (χ1v) is 9.57. The lowest BCUT2D eigenvalue weighted by atomic mass is 10.2. The number of sulfonamides is 1. The zero-order chi connectivity index (χ0) is 22.7. The highest BCUT2D eigenvalue weighted by Crippen LogP contribution is 2.10. The number of hydrogen-bond donors (Lipinski definition) is 1. The maximum atomic E-state index is 12.0. The van der Waals surface area contributed by atoms with Crippen molar-refractivity contribution in [2.75, 3.05) is 19.8 Å². The Hall–Kier alpha value is -3.53. The van der Waals surface area contributed by atoms with Crippen molar-refractivity contribution in [2.24, 2.45) is 5.14 Å². The second-order valence-corrected chi connectivity index (χ2v) is 7.02. The topological polar surface area (TPSA) is 217 Å². The van der Waals surface area contributed by atoms with Gasteiger partial charge in [0.1, 0.15) is 13.2 Å². The lowest BCUT2D eigenvalue weighted by Crippen LogP contribution is -2.30. The van der Waals surface area contributed by atoms with Crippen molar-refractivity contribution < 1.29 is 47.3 Å². The number of carbonyl (C=O) groups is 2. The Bertz CT molecular complexity index is 871. The first-order chi connectivity index (χ1) is 14.0. The lowest BCUT2D eigenvalue weighted by molar-refractivity contribution is -0.759. The normalized spacial score (nSPS) is 11.8. The second-order valence-electron chi connectivity index (χ2n) is 5.46. The van der Waals surface area contributed by atoms with Crippen LogP contribution in [-0.4, -0.2) is 56.5 Å². The number of nitrogens with two attached hydrogens (primary N) is 1. The van der Waals surface area contributed by atoms with Crippen molar-refractivity contribution >= 4 is 22.0 Å². The molecule has 1 unspecified atom stereocenters. The fourth-order valence-corrected chi connectivity index (χ4v) is 2.41. The van der Waals surface area contributed by atoms with Gasteiger partial charge in [-0.05, 0) is 30.7 Å². The van der Waals surface area contributed by atoms with E-state index in [1.54, 1.807) is 0 Å². The molecule has 15 nitrogen and oxygen atoms in total. The molecule has 1 aromatic carbocycles. The number of hydrogen-bond acceptors (Lipinski definition) is 12. The van der Waals surface area contributed by atoms with Crippen molar-refractivity contribution in [1.82, 2.24) is 0 Å². The van der Waals surface area contributed by atoms with Gasteiger partial charge in [0.05, 0.1) is 17.1 Å². The van der Waals surface area contributed by atoms with Gasteiger partial charge in [-0.25, -0.2) is 18.4 Å². The van der Waals surface area contributed by atoms with Crippen molar-refractivity contribution in [2.45, 2.75) is 23.8 Å². The monoisotopic (exact) mass is 451 g/mol. The predicted octanol–water partition coefficient (Wildman–Crippen LogP) is -0.401. The van der Waals surface area contributed by atoms with Crippen LogP contribution in [0.5, 0.6) is 0 Å². The third-order valence-electron chi connectivity index (χ3n) is 3.20. The molecule has 2 N–H and O–H groups in total. The summed E-state index contributed by atoms with van der Waals surface area (Å²) in [5, 5.41) is 23.1. The summed E-state index contributed by atoms with van der Waals surface area (Å²) in [6.07, 6.45) is -1.70. The highest BCUT2D eigenvalue weighted by Gasteiger charge is 2.20. The Balaban J connectivity index is 2.61. The molecule has 16 heteroatoms. The smallest absolute Gasteiger partial charge is 0.338 e. The summed E-state index contributed by atoms with van der Waals surface area (Å²) < 4.78 is 32.2. The van der Waals surface area contributed by atoms with E-state index in [9.17, 15) is 38.2 Å². The summed E-state index contributed by atoms with van der Waals surface area (Å²) in [5.41, 5.74) is -0.0559. The van der Waals surface area contributed by atoms with Crippen molar-refractivity contribution in [3.05, 3.63) is 50.1 Å². The van der Waals surface area contributed by atoms with Crippen LogP contribution in [0.15, 0.2) is 29.2 Å². The summed E-state index contributed by atoms with van der Waals surface area (Å²) >= 11 is 0. The van der Waals surface area contributed by atoms with Gasteiger partial charge < -0.3 is 19.1 Å². The van der Waals surface area contributed by atoms with Gasteiger partial charge in [0.2, 0.25) is 10.0 Å². The van der Waals surface area contributed by atoms with Crippen molar-refractivity contribution in [3.63, 3.8) is 0 Å². The molecular formula is C14H17N3O12S. The minimum absolute atomic E-state index is 0.0559. The molecule has 0 aliphatic rings. The zero-order valence-electron chi connectivity index (χ0n) is 15.2. The van der Waals surface area contributed by atoms with E-state index in [1.165, 1.54) is 0 Å². The molecule has 30 heavy (non-hydrogen) atoms. The van der Waals surface area contributed by atoms with E-state index in [0.717, 1.165) is 24.3 Å². The molecule has 1 rings (SSSR count). The highest BCUT2D eigenvalue weighted by atomic mass is 32.2. The van der Waals surface area contributed by atoms with E-state index in [1.807, 2.05) is 0 Å². The number of esters is 2. The largest absolute Gasteiger partial charge is 0.458 e. The highest BCUT2D eigenvalue weighted by molar-refractivity contribution is 7.89. The quantitative estimate of drug-likeness (QED) is 0.175. The maximum absolute atomic E-state index is 12.0. The van der Waals surface area contributed by atoms with Crippen LogP contribution in [0.1, 0.15) is 23.2 Å². The average Bonchev–Trinajstić information content (AvgIpc) is 2.66. The molecule has 0 radical (unpaired) electrons. The van der Waals surface area contributed by atoms with Crippen LogP contribution in [0.25, 0.3) is 0 Å². The first kappa shape index (κ1) is 24.5. The molecule has 0 aromatic heterocycles. The van der Waals surface area contributed by atoms with Gasteiger partial charge in [0.15, 0.2) is 6.10 Å². The molecule has 0 aliphatic heterocycles. The maximum Gasteiger partial charge on any atom is 0.338 e. The van der Waals surface area contributed by atoms with Crippen LogP contribution in [0.3, 0.4) is 0 Å². The number of primary sulfonamides is 1. The number of nitrogens with zero attached hydrogens (tertiary/aromatic N) is 2. The molecule has 0 saturated heterocycles. The number of rotatable bonds is 13. The minimum Gasteiger partial charge on any atom is -0.458 e. The Morgan fingerprint density at radius 3 is 2.17 bits per heavy atom. The van der Waals surface area contributed by atoms with E-state index in [2.05, 4.69) is 9.68 Å². The molecule has 0 fully saturated rings. The molecule has 0 saturated carbocycles. The average molecular weight is 451 g/mol. The van der Waals surface area contributed by atoms with Crippen LogP contribution in [0, 0.1) is 20.2 Å². The van der Waals surface area contributed by atoms with Crippen molar-refractivity contribution in [1.29, 1.82) is 0 Å². The summed E-state index contributed by atoms with van der Waals surface area (Å²) in [6.45, 7) is -1.70. The Kier molecular flexibility index (Phi) is 9.37. The third kappa shape index (κ3) is 9.60. The molecule has 0 spiro atoms. The van der Waals surface area contributed by atoms with E-state index >= 15 is 0 Å². The molecule has 0 amide bonds. The Morgan fingerprint density at radius 2 is 1.63 bits per heavy atom. The fraction of sp³-hybridized carbons (Fsp3) is 0.429. The third-order valence-corrected chi connectivity index (χ3v) is 4.13. The van der Waals surface area contributed by atoms with Crippen LogP contribution >= 0.6 is 0 Å². The minimum atomic E-state index is -3.95. The standard InChI is InChI=1S/C14H17N3O12S/c15-30(24,25)12-5-3-10(4-6-12)14(19)26-8-11(9-28-17(22)23)29-13(18)2-1-7-27-16(20)21/h3-6,11H,1-2,7-9H2,(H2,15,24,25). The van der Waals surface area contributed by atoms with Gasteiger partial charge in [-0.3, -0.25) is 4.79 Å². The predicted molar refractivity (Wildman–Crippen MR) is 93.1 cm³/mol. The van der Waals surface area contributed by atoms with Crippen LogP contribution in [-0.2, 0) is 34.0 Å². The molecular weight excluding hydrogens is 434 g/mol. The SMILES string of the molecule is NS(=O)(=O)c1ccc(C(=O)OCC(CO[N+](=O)[O-])OC(=O)CCCO[N+](=O)[O-])cc1. The molecule has 0 heterocycles. The number of ether oxygens (including phenoxy) is 2. The van der Waals surface area contributed by atoms with Crippen molar-refractivity contribution in [3.8, 4) is 0 Å². The number of benzene rings is 1. The second kappa shape index (κ2) is 11.5. The van der Waals surface area contributed by atoms with E-state index < -0.39 is 51.5 Å². The van der Waals surface area contributed by atoms with Gasteiger partial charge in [0, 0.05) is 6.42 Å². The molecule has 1 atom stereocenters. The summed E-state index contributed by atoms with van der Waals surface area (Å²) in [5.74, 6) is -1.81. The van der Waals surface area contributed by atoms with E-state index in [4.69, 9.17) is 14.6 Å². The summed E-state index contributed by atoms with van der Waals surface area (Å²) in [7, 11) is -3.95. The molecule has 0 bridgehead atoms. The molecule has 1 aromatic rings. The van der Waals surface area contributed by atoms with Gasteiger partial charge in [-0.15, -0.1) is 20.2 Å². The van der Waals surface area contributed by atoms with Crippen LogP contribution < -0.4 is 5.14 Å². The van der Waals surface area contributed by atoms with E-state index in [-0.39, 0.29) is 29.9 Å². The van der Waals surface area contributed by atoms with Gasteiger partial charge >= 0.3 is 11.9 Å². The van der Waals surface area contributed by atoms with Gasteiger partial charge in [0.25, 0.3) is 10.2 Å². The Morgan fingerprint density at radius 1 is 1.03 bits per heavy atom.